The Morgan fingerprint density at radius 1 is 1.42 bits per heavy atom. The molecule has 128 valence electrons. The van der Waals surface area contributed by atoms with Crippen molar-refractivity contribution in [1.29, 1.82) is 0 Å². The van der Waals surface area contributed by atoms with Crippen molar-refractivity contribution < 1.29 is 9.53 Å². The summed E-state index contributed by atoms with van der Waals surface area (Å²) in [5, 5.41) is 9.95. The molecule has 2 heterocycles. The number of benzene rings is 1. The van der Waals surface area contributed by atoms with Crippen molar-refractivity contribution in [2.24, 2.45) is 0 Å². The maximum absolute atomic E-state index is 12.1. The molecule has 0 spiro atoms. The van der Waals surface area contributed by atoms with Crippen LogP contribution in [-0.4, -0.2) is 58.8 Å². The number of aromatic amines is 1. The summed E-state index contributed by atoms with van der Waals surface area (Å²) in [7, 11) is 0. The number of H-pyrrole nitrogens is 1. The monoisotopic (exact) mass is 329 g/mol. The minimum atomic E-state index is -0.180. The Labute approximate surface area is 141 Å². The summed E-state index contributed by atoms with van der Waals surface area (Å²) in [5.74, 6) is 1.46. The third-order valence-electron chi connectivity index (χ3n) is 4.00. The van der Waals surface area contributed by atoms with Crippen molar-refractivity contribution in [3.63, 3.8) is 0 Å². The molecule has 1 aromatic heterocycles. The average molecular weight is 329 g/mol. The Bertz CT molecular complexity index is 658. The molecule has 7 nitrogen and oxygen atoms in total. The molecule has 1 aromatic carbocycles. The summed E-state index contributed by atoms with van der Waals surface area (Å²) in [4.78, 5) is 18.5. The molecule has 24 heavy (non-hydrogen) atoms. The van der Waals surface area contributed by atoms with E-state index in [1.165, 1.54) is 5.56 Å². The molecule has 0 unspecified atom stereocenters. The van der Waals surface area contributed by atoms with Gasteiger partial charge < -0.3 is 10.1 Å². The number of morpholine rings is 1. The molecule has 1 aliphatic rings. The molecule has 0 bridgehead atoms. The first-order valence-corrected chi connectivity index (χ1v) is 8.24. The van der Waals surface area contributed by atoms with Gasteiger partial charge in [0, 0.05) is 19.6 Å². The zero-order chi connectivity index (χ0) is 16.8. The number of carbonyl (C=O) groups excluding carboxylic acids is 1. The predicted molar refractivity (Wildman–Crippen MR) is 89.4 cm³/mol. The van der Waals surface area contributed by atoms with Crippen molar-refractivity contribution in [3.8, 4) is 0 Å². The lowest BCUT2D eigenvalue weighted by Crippen LogP contribution is -2.44. The maximum atomic E-state index is 12.1. The molecule has 1 aliphatic heterocycles. The van der Waals surface area contributed by atoms with Gasteiger partial charge in [-0.1, -0.05) is 30.3 Å². The van der Waals surface area contributed by atoms with Crippen LogP contribution in [0.2, 0.25) is 0 Å². The summed E-state index contributed by atoms with van der Waals surface area (Å²) in [6.45, 7) is 4.83. The number of nitrogens with one attached hydrogen (secondary N) is 2. The van der Waals surface area contributed by atoms with Gasteiger partial charge in [0.15, 0.2) is 5.82 Å². The fraction of sp³-hybridized carbons (Fsp3) is 0.471. The van der Waals surface area contributed by atoms with Crippen LogP contribution in [0, 0.1) is 6.92 Å². The van der Waals surface area contributed by atoms with E-state index in [0.717, 1.165) is 18.8 Å². The highest BCUT2D eigenvalue weighted by Gasteiger charge is 2.26. The van der Waals surface area contributed by atoms with E-state index in [0.29, 0.717) is 32.1 Å². The Balaban J connectivity index is 1.42. The molecule has 2 N–H and O–H groups in total. The average Bonchev–Trinajstić information content (AvgIpc) is 3.03. The normalized spacial score (nSPS) is 18.5. The summed E-state index contributed by atoms with van der Waals surface area (Å²) in [6.07, 6.45) is 0.662. The van der Waals surface area contributed by atoms with Crippen molar-refractivity contribution in [2.75, 3.05) is 32.8 Å². The van der Waals surface area contributed by atoms with E-state index in [2.05, 4.69) is 37.5 Å². The number of rotatable bonds is 6. The van der Waals surface area contributed by atoms with Crippen LogP contribution in [0.3, 0.4) is 0 Å². The van der Waals surface area contributed by atoms with E-state index < -0.39 is 0 Å². The molecular weight excluding hydrogens is 306 g/mol. The lowest BCUT2D eigenvalue weighted by molar-refractivity contribution is -0.124. The number of ether oxygens (including phenoxy) is 1. The van der Waals surface area contributed by atoms with Gasteiger partial charge in [-0.25, -0.2) is 4.98 Å². The zero-order valence-corrected chi connectivity index (χ0v) is 13.9. The Morgan fingerprint density at radius 2 is 2.25 bits per heavy atom. The molecular formula is C17H23N5O2. The van der Waals surface area contributed by atoms with E-state index >= 15 is 0 Å². The highest BCUT2D eigenvalue weighted by atomic mass is 16.5. The van der Waals surface area contributed by atoms with Crippen LogP contribution in [0.4, 0.5) is 0 Å². The largest absolute Gasteiger partial charge is 0.367 e. The summed E-state index contributed by atoms with van der Waals surface area (Å²) >= 11 is 0. The molecule has 1 amide bonds. The molecule has 1 atom stereocenters. The fourth-order valence-electron chi connectivity index (χ4n) is 2.76. The summed E-state index contributed by atoms with van der Waals surface area (Å²) in [5.41, 5.74) is 1.23. The van der Waals surface area contributed by atoms with E-state index in [4.69, 9.17) is 4.74 Å². The van der Waals surface area contributed by atoms with Gasteiger partial charge >= 0.3 is 0 Å². The van der Waals surface area contributed by atoms with Gasteiger partial charge in [-0.05, 0) is 18.9 Å². The van der Waals surface area contributed by atoms with Crippen LogP contribution in [0.25, 0.3) is 0 Å². The Morgan fingerprint density at radius 3 is 3.00 bits per heavy atom. The number of aryl methyl sites for hydroxylation is 1. The van der Waals surface area contributed by atoms with Gasteiger partial charge in [-0.15, -0.1) is 0 Å². The van der Waals surface area contributed by atoms with E-state index in [9.17, 15) is 4.79 Å². The molecule has 7 heteroatoms. The highest BCUT2D eigenvalue weighted by Crippen LogP contribution is 2.18. The van der Waals surface area contributed by atoms with Crippen molar-refractivity contribution >= 4 is 5.91 Å². The summed E-state index contributed by atoms with van der Waals surface area (Å²) < 4.78 is 5.71. The van der Waals surface area contributed by atoms with Gasteiger partial charge in [0.05, 0.1) is 13.2 Å². The first kappa shape index (κ1) is 16.6. The van der Waals surface area contributed by atoms with E-state index in [1.807, 2.05) is 25.1 Å². The third-order valence-corrected chi connectivity index (χ3v) is 4.00. The molecule has 1 saturated heterocycles. The first-order valence-electron chi connectivity index (χ1n) is 8.24. The van der Waals surface area contributed by atoms with Gasteiger partial charge in [0.2, 0.25) is 5.91 Å². The molecule has 1 fully saturated rings. The SMILES string of the molecule is Cc1nc([C@@H]2CN(CC(=O)NCCc3ccccc3)CCO2)n[nH]1. The minimum absolute atomic E-state index is 0.0396. The summed E-state index contributed by atoms with van der Waals surface area (Å²) in [6, 6.07) is 10.1. The minimum Gasteiger partial charge on any atom is -0.367 e. The van der Waals surface area contributed by atoms with Crippen LogP contribution in [0.5, 0.6) is 0 Å². The molecule has 0 aliphatic carbocycles. The van der Waals surface area contributed by atoms with Gasteiger partial charge in [-0.2, -0.15) is 5.10 Å². The second kappa shape index (κ2) is 8.03. The molecule has 3 rings (SSSR count). The van der Waals surface area contributed by atoms with Crippen molar-refractivity contribution in [2.45, 2.75) is 19.4 Å². The van der Waals surface area contributed by atoms with Crippen LogP contribution in [0.15, 0.2) is 30.3 Å². The number of carbonyl (C=O) groups is 1. The van der Waals surface area contributed by atoms with Gasteiger partial charge in [0.25, 0.3) is 0 Å². The smallest absolute Gasteiger partial charge is 0.234 e. The second-order valence-electron chi connectivity index (χ2n) is 5.96. The molecule has 2 aromatic rings. The van der Waals surface area contributed by atoms with Crippen molar-refractivity contribution in [1.82, 2.24) is 25.4 Å². The van der Waals surface area contributed by atoms with Gasteiger partial charge in [-0.3, -0.25) is 14.8 Å². The Hall–Kier alpha value is -2.25. The van der Waals surface area contributed by atoms with E-state index in [-0.39, 0.29) is 12.0 Å². The maximum Gasteiger partial charge on any atom is 0.234 e. The van der Waals surface area contributed by atoms with Crippen LogP contribution in [0.1, 0.15) is 23.3 Å². The highest BCUT2D eigenvalue weighted by molar-refractivity contribution is 5.78. The molecule has 0 radical (unpaired) electrons. The number of nitrogens with zero attached hydrogens (tertiary/aromatic N) is 3. The third kappa shape index (κ3) is 4.62. The Kier molecular flexibility index (Phi) is 5.55. The van der Waals surface area contributed by atoms with Crippen LogP contribution < -0.4 is 5.32 Å². The standard InChI is InChI=1S/C17H23N5O2/c1-13-19-17(21-20-13)15-11-22(9-10-24-15)12-16(23)18-8-7-14-5-3-2-4-6-14/h2-6,15H,7-12H2,1H3,(H,18,23)(H,19,20,21)/t15-/m0/s1. The van der Waals surface area contributed by atoms with Gasteiger partial charge in [0.1, 0.15) is 11.9 Å². The number of amides is 1. The number of hydrogen-bond donors (Lipinski definition) is 2. The zero-order valence-electron chi connectivity index (χ0n) is 13.9. The predicted octanol–water partition coefficient (Wildman–Crippen LogP) is 0.845. The fourth-order valence-corrected chi connectivity index (χ4v) is 2.76. The molecule has 0 saturated carbocycles. The number of hydrogen-bond acceptors (Lipinski definition) is 5. The lowest BCUT2D eigenvalue weighted by atomic mass is 10.1. The van der Waals surface area contributed by atoms with Crippen LogP contribution in [-0.2, 0) is 16.0 Å². The first-order chi connectivity index (χ1) is 11.7. The van der Waals surface area contributed by atoms with Crippen LogP contribution >= 0.6 is 0 Å². The topological polar surface area (TPSA) is 83.1 Å². The second-order valence-corrected chi connectivity index (χ2v) is 5.96. The lowest BCUT2D eigenvalue weighted by Gasteiger charge is -2.30. The van der Waals surface area contributed by atoms with Crippen molar-refractivity contribution in [3.05, 3.63) is 47.5 Å². The number of aromatic nitrogens is 3. The van der Waals surface area contributed by atoms with E-state index in [1.54, 1.807) is 0 Å². The quantitative estimate of drug-likeness (QED) is 0.821.